The average Bonchev–Trinajstić information content (AvgIpc) is 3.20. The van der Waals surface area contributed by atoms with Crippen molar-refractivity contribution in [1.29, 1.82) is 0 Å². The van der Waals surface area contributed by atoms with E-state index in [1.807, 2.05) is 0 Å². The summed E-state index contributed by atoms with van der Waals surface area (Å²) in [4.78, 5) is 50.6. The van der Waals surface area contributed by atoms with Crippen LogP contribution in [0.4, 0.5) is 5.69 Å². The van der Waals surface area contributed by atoms with Gasteiger partial charge in [-0.15, -0.1) is 0 Å². The number of nitrogens with zero attached hydrogens (tertiary/aromatic N) is 1. The first-order valence-electron chi connectivity index (χ1n) is 14.0. The second-order valence-electron chi connectivity index (χ2n) is 9.37. The summed E-state index contributed by atoms with van der Waals surface area (Å²) in [6.07, 6.45) is 3.67. The molecule has 4 amide bonds. The summed E-state index contributed by atoms with van der Waals surface area (Å²) in [6, 6.07) is 3.94. The Morgan fingerprint density at radius 2 is 1.40 bits per heavy atom. The van der Waals surface area contributed by atoms with Gasteiger partial charge in [0, 0.05) is 25.3 Å². The van der Waals surface area contributed by atoms with E-state index in [2.05, 4.69) is 17.6 Å². The van der Waals surface area contributed by atoms with Crippen LogP contribution in [0.15, 0.2) is 18.2 Å². The lowest BCUT2D eigenvalue weighted by atomic mass is 10.0. The second-order valence-corrected chi connectivity index (χ2v) is 9.37. The largest absolute Gasteiger partial charge is 0.382 e. The number of ether oxygens (including phenoxy) is 5. The Balaban J connectivity index is 1.22. The number of unbranched alkanes of at least 4 members (excludes halogenated alkanes) is 2. The van der Waals surface area contributed by atoms with Crippen molar-refractivity contribution in [2.24, 2.45) is 0 Å². The highest BCUT2D eigenvalue weighted by molar-refractivity contribution is 6.25. The van der Waals surface area contributed by atoms with Crippen molar-refractivity contribution in [2.75, 3.05) is 77.9 Å². The summed E-state index contributed by atoms with van der Waals surface area (Å²) in [7, 11) is 0. The van der Waals surface area contributed by atoms with Crippen molar-refractivity contribution in [3.63, 3.8) is 0 Å². The molecule has 1 fully saturated rings. The van der Waals surface area contributed by atoms with E-state index < -0.39 is 29.7 Å². The van der Waals surface area contributed by atoms with Gasteiger partial charge >= 0.3 is 0 Å². The minimum atomic E-state index is -0.995. The highest BCUT2D eigenvalue weighted by atomic mass is 16.6. The number of nitrogens with one attached hydrogen (secondary N) is 2. The summed E-state index contributed by atoms with van der Waals surface area (Å²) in [6.45, 7) is 7.68. The van der Waals surface area contributed by atoms with Crippen molar-refractivity contribution in [3.8, 4) is 0 Å². The van der Waals surface area contributed by atoms with E-state index in [4.69, 9.17) is 23.7 Å². The third-order valence-electron chi connectivity index (χ3n) is 6.41. The predicted molar refractivity (Wildman–Crippen MR) is 145 cm³/mol. The fraction of sp³-hybridized carbons (Fsp3) is 0.643. The number of hydrogen-bond donors (Lipinski definition) is 2. The van der Waals surface area contributed by atoms with E-state index in [1.165, 1.54) is 12.8 Å². The zero-order chi connectivity index (χ0) is 28.6. The Morgan fingerprint density at radius 1 is 0.800 bits per heavy atom. The molecule has 0 aromatic heterocycles. The van der Waals surface area contributed by atoms with Crippen LogP contribution in [0, 0.1) is 0 Å². The summed E-state index contributed by atoms with van der Waals surface area (Å²) in [5.41, 5.74) is 0.947. The van der Waals surface area contributed by atoms with Gasteiger partial charge in [-0.1, -0.05) is 25.8 Å². The van der Waals surface area contributed by atoms with Gasteiger partial charge in [-0.3, -0.25) is 29.4 Å². The minimum absolute atomic E-state index is 0.0769. The molecule has 0 spiro atoms. The molecule has 0 radical (unpaired) electrons. The first-order chi connectivity index (χ1) is 19.5. The van der Waals surface area contributed by atoms with Gasteiger partial charge < -0.3 is 29.0 Å². The monoisotopic (exact) mass is 563 g/mol. The molecule has 2 heterocycles. The molecular formula is C28H41N3O9. The smallest absolute Gasteiger partial charge is 0.264 e. The van der Waals surface area contributed by atoms with Crippen LogP contribution in [0.2, 0.25) is 0 Å². The number of carbonyl (C=O) groups is 4. The minimum Gasteiger partial charge on any atom is -0.382 e. The Hall–Kier alpha value is -2.90. The normalized spacial score (nSPS) is 16.9. The van der Waals surface area contributed by atoms with Crippen molar-refractivity contribution >= 4 is 29.3 Å². The van der Waals surface area contributed by atoms with Gasteiger partial charge in [0.25, 0.3) is 11.8 Å². The number of benzene rings is 1. The Bertz CT molecular complexity index is 988. The first-order valence-corrected chi connectivity index (χ1v) is 14.0. The molecule has 1 atom stereocenters. The van der Waals surface area contributed by atoms with Gasteiger partial charge in [-0.25, -0.2) is 0 Å². The summed E-state index contributed by atoms with van der Waals surface area (Å²) >= 11 is 0. The number of anilines is 1. The highest BCUT2D eigenvalue weighted by Gasteiger charge is 2.45. The van der Waals surface area contributed by atoms with Gasteiger partial charge in [0.1, 0.15) is 6.04 Å². The number of piperidine rings is 1. The van der Waals surface area contributed by atoms with E-state index in [0.717, 1.165) is 17.9 Å². The molecule has 0 aliphatic carbocycles. The van der Waals surface area contributed by atoms with Crippen LogP contribution in [-0.2, 0) is 33.3 Å². The molecule has 1 unspecified atom stereocenters. The molecule has 0 saturated carbocycles. The Kier molecular flexibility index (Phi) is 14.0. The summed E-state index contributed by atoms with van der Waals surface area (Å²) < 4.78 is 27.4. The standard InChI is InChI=1S/C28H41N3O9/c1-2-3-4-11-36-13-15-38-17-19-40-20-18-39-16-14-37-12-10-29-22-7-5-6-21-25(22)28(35)31(27(21)34)23-8-9-24(32)30-26(23)33/h5-7,23,29H,2-4,8-20H2,1H3,(H,30,32,33). The van der Waals surface area contributed by atoms with Gasteiger partial charge in [-0.2, -0.15) is 0 Å². The maximum Gasteiger partial charge on any atom is 0.264 e. The fourth-order valence-electron chi connectivity index (χ4n) is 4.36. The van der Waals surface area contributed by atoms with Gasteiger partial charge in [0.2, 0.25) is 11.8 Å². The summed E-state index contributed by atoms with van der Waals surface area (Å²) in [5, 5.41) is 5.33. The molecule has 2 N–H and O–H groups in total. The van der Waals surface area contributed by atoms with Gasteiger partial charge in [-0.05, 0) is 25.0 Å². The lowest BCUT2D eigenvalue weighted by Gasteiger charge is -2.27. The first kappa shape index (κ1) is 31.6. The van der Waals surface area contributed by atoms with E-state index >= 15 is 0 Å². The van der Waals surface area contributed by atoms with Crippen LogP contribution in [-0.4, -0.2) is 107 Å². The third-order valence-corrected chi connectivity index (χ3v) is 6.41. The molecule has 40 heavy (non-hydrogen) atoms. The number of carbonyl (C=O) groups excluding carboxylic acids is 4. The molecule has 12 nitrogen and oxygen atoms in total. The number of amides is 4. The van der Waals surface area contributed by atoms with Crippen LogP contribution in [0.5, 0.6) is 0 Å². The quantitative estimate of drug-likeness (QED) is 0.168. The van der Waals surface area contributed by atoms with E-state index in [0.29, 0.717) is 71.7 Å². The number of hydrogen-bond acceptors (Lipinski definition) is 10. The van der Waals surface area contributed by atoms with E-state index in [9.17, 15) is 19.2 Å². The Morgan fingerprint density at radius 3 is 2.00 bits per heavy atom. The molecule has 0 bridgehead atoms. The third kappa shape index (κ3) is 9.63. The van der Waals surface area contributed by atoms with Crippen molar-refractivity contribution in [3.05, 3.63) is 29.3 Å². The molecule has 1 saturated heterocycles. The second kappa shape index (κ2) is 17.7. The van der Waals surface area contributed by atoms with Crippen LogP contribution in [0.3, 0.4) is 0 Å². The van der Waals surface area contributed by atoms with Crippen LogP contribution < -0.4 is 10.6 Å². The fourth-order valence-corrected chi connectivity index (χ4v) is 4.36. The van der Waals surface area contributed by atoms with Crippen molar-refractivity contribution in [1.82, 2.24) is 10.2 Å². The number of imide groups is 2. The molecule has 12 heteroatoms. The maximum absolute atomic E-state index is 13.1. The topological polar surface area (TPSA) is 142 Å². The van der Waals surface area contributed by atoms with Crippen molar-refractivity contribution in [2.45, 2.75) is 45.1 Å². The molecule has 2 aliphatic heterocycles. The molecule has 1 aromatic rings. The highest BCUT2D eigenvalue weighted by Crippen LogP contribution is 2.32. The molecular weight excluding hydrogens is 522 g/mol. The van der Waals surface area contributed by atoms with Crippen LogP contribution >= 0.6 is 0 Å². The summed E-state index contributed by atoms with van der Waals surface area (Å²) in [5.74, 6) is -2.13. The van der Waals surface area contributed by atoms with Crippen LogP contribution in [0.1, 0.15) is 59.7 Å². The molecule has 222 valence electrons. The molecule has 2 aliphatic rings. The van der Waals surface area contributed by atoms with Crippen molar-refractivity contribution < 1.29 is 42.9 Å². The molecule has 1 aromatic carbocycles. The molecule has 3 rings (SSSR count). The Labute approximate surface area is 235 Å². The zero-order valence-electron chi connectivity index (χ0n) is 23.2. The maximum atomic E-state index is 13.1. The van der Waals surface area contributed by atoms with Crippen LogP contribution in [0.25, 0.3) is 0 Å². The average molecular weight is 564 g/mol. The number of fused-ring (bicyclic) bond motifs is 1. The lowest BCUT2D eigenvalue weighted by Crippen LogP contribution is -2.54. The predicted octanol–water partition coefficient (Wildman–Crippen LogP) is 1.77. The van der Waals surface area contributed by atoms with Gasteiger partial charge in [0.15, 0.2) is 0 Å². The number of rotatable bonds is 21. The zero-order valence-corrected chi connectivity index (χ0v) is 23.2. The van der Waals surface area contributed by atoms with E-state index in [1.54, 1.807) is 18.2 Å². The lowest BCUT2D eigenvalue weighted by molar-refractivity contribution is -0.136. The SMILES string of the molecule is CCCCCOCCOCCOCCOCCOCCNc1cccc2c1C(=O)N(C1CCC(=O)NC1=O)C2=O. The van der Waals surface area contributed by atoms with E-state index in [-0.39, 0.29) is 24.0 Å². The van der Waals surface area contributed by atoms with Gasteiger partial charge in [0.05, 0.1) is 70.6 Å².